The molecule has 0 radical (unpaired) electrons. The Morgan fingerprint density at radius 3 is 2.45 bits per heavy atom. The van der Waals surface area contributed by atoms with Gasteiger partial charge in [0.25, 0.3) is 5.91 Å². The average Bonchev–Trinajstić information content (AvgIpc) is 3.19. The van der Waals surface area contributed by atoms with Crippen molar-refractivity contribution in [3.05, 3.63) is 71.0 Å². The molecule has 2 amide bonds. The maximum absolute atomic E-state index is 12.9. The minimum Gasteiger partial charge on any atom is -0.465 e. The molecule has 8 nitrogen and oxygen atoms in total. The number of carboxylic acid groups (broad SMARTS) is 1. The average molecular weight is 483 g/mol. The first-order valence-corrected chi connectivity index (χ1v) is 12.5. The van der Waals surface area contributed by atoms with Crippen LogP contribution in [-0.2, 0) is 9.73 Å². The summed E-state index contributed by atoms with van der Waals surface area (Å²) in [6, 6.07) is 10.1. The van der Waals surface area contributed by atoms with Crippen molar-refractivity contribution in [3.8, 4) is 11.8 Å². The van der Waals surface area contributed by atoms with Gasteiger partial charge in [-0.3, -0.25) is 9.78 Å². The molecule has 10 heteroatoms. The number of pyridine rings is 1. The van der Waals surface area contributed by atoms with E-state index in [-0.39, 0.29) is 5.56 Å². The molecule has 2 heterocycles. The summed E-state index contributed by atoms with van der Waals surface area (Å²) in [7, 11) is -2.90. The van der Waals surface area contributed by atoms with Gasteiger partial charge in [-0.05, 0) is 44.9 Å². The maximum atomic E-state index is 12.9. The Kier molecular flexibility index (Phi) is 6.95. The summed E-state index contributed by atoms with van der Waals surface area (Å²) >= 11 is 1.15. The standard InChI is InChI=1S/C23H22N4O4S2/c1-23(2,3)27(22(29)30)21-25-15-18(32-21)11-10-16-12-17(14-24-13-16)20(28)26-33(4,31)19-8-6-5-7-9-19/h5-9,12-15H,1-4H3,(H,29,30)/t33-/m0/s1. The van der Waals surface area contributed by atoms with Crippen LogP contribution in [0.2, 0.25) is 0 Å². The highest BCUT2D eigenvalue weighted by atomic mass is 32.2. The molecule has 170 valence electrons. The number of nitrogens with zero attached hydrogens (tertiary/aromatic N) is 4. The highest BCUT2D eigenvalue weighted by molar-refractivity contribution is 7.93. The summed E-state index contributed by atoms with van der Waals surface area (Å²) < 4.78 is 16.8. The molecule has 0 aliphatic carbocycles. The van der Waals surface area contributed by atoms with Crippen LogP contribution in [0.3, 0.4) is 0 Å². The summed E-state index contributed by atoms with van der Waals surface area (Å²) in [6.07, 6.45) is 4.65. The Bertz CT molecular complexity index is 1370. The van der Waals surface area contributed by atoms with Crippen LogP contribution in [0, 0.1) is 11.8 Å². The van der Waals surface area contributed by atoms with E-state index in [9.17, 15) is 18.9 Å². The molecule has 0 unspecified atom stereocenters. The summed E-state index contributed by atoms with van der Waals surface area (Å²) in [6.45, 7) is 5.33. The minimum absolute atomic E-state index is 0.169. The van der Waals surface area contributed by atoms with Crippen molar-refractivity contribution in [2.24, 2.45) is 4.36 Å². The number of benzene rings is 1. The molecule has 0 bridgehead atoms. The van der Waals surface area contributed by atoms with Crippen LogP contribution in [0.1, 0.15) is 41.6 Å². The van der Waals surface area contributed by atoms with E-state index >= 15 is 0 Å². The van der Waals surface area contributed by atoms with E-state index in [0.29, 0.717) is 20.5 Å². The predicted octanol–water partition coefficient (Wildman–Crippen LogP) is 4.52. The molecule has 0 spiro atoms. The Morgan fingerprint density at radius 2 is 1.82 bits per heavy atom. The fourth-order valence-corrected chi connectivity index (χ4v) is 4.92. The molecular formula is C23H22N4O4S2. The summed E-state index contributed by atoms with van der Waals surface area (Å²) in [4.78, 5) is 34.6. The van der Waals surface area contributed by atoms with E-state index in [1.54, 1.807) is 51.1 Å². The molecule has 3 rings (SSSR count). The number of rotatable bonds is 3. The van der Waals surface area contributed by atoms with Crippen LogP contribution in [0.25, 0.3) is 0 Å². The highest BCUT2D eigenvalue weighted by Crippen LogP contribution is 2.28. The van der Waals surface area contributed by atoms with Crippen LogP contribution in [0.4, 0.5) is 9.93 Å². The van der Waals surface area contributed by atoms with Gasteiger partial charge in [0.05, 0.1) is 26.4 Å². The first-order valence-electron chi connectivity index (χ1n) is 9.75. The van der Waals surface area contributed by atoms with Gasteiger partial charge in [0.1, 0.15) is 0 Å². The van der Waals surface area contributed by atoms with E-state index < -0.39 is 27.3 Å². The number of thiazole rings is 1. The lowest BCUT2D eigenvalue weighted by atomic mass is 10.1. The van der Waals surface area contributed by atoms with Crippen molar-refractivity contribution in [1.82, 2.24) is 9.97 Å². The van der Waals surface area contributed by atoms with Crippen molar-refractivity contribution in [2.45, 2.75) is 31.2 Å². The first kappa shape index (κ1) is 24.1. The number of amides is 2. The van der Waals surface area contributed by atoms with Crippen LogP contribution in [0.15, 0.2) is 64.2 Å². The third-order valence-electron chi connectivity index (χ3n) is 4.30. The number of hydrogen-bond donors (Lipinski definition) is 1. The Morgan fingerprint density at radius 1 is 1.12 bits per heavy atom. The van der Waals surface area contributed by atoms with E-state index in [2.05, 4.69) is 26.2 Å². The molecule has 0 fully saturated rings. The molecule has 1 atom stereocenters. The van der Waals surface area contributed by atoms with Crippen molar-refractivity contribution >= 4 is 38.2 Å². The largest absolute Gasteiger partial charge is 0.465 e. The molecule has 0 aliphatic rings. The fourth-order valence-electron chi connectivity index (χ4n) is 2.78. The maximum Gasteiger partial charge on any atom is 0.414 e. The second kappa shape index (κ2) is 9.52. The number of hydrogen-bond acceptors (Lipinski definition) is 6. The fraction of sp³-hybridized carbons (Fsp3) is 0.217. The van der Waals surface area contributed by atoms with Crippen molar-refractivity contribution in [3.63, 3.8) is 0 Å². The molecule has 0 saturated heterocycles. The molecular weight excluding hydrogens is 460 g/mol. The van der Waals surface area contributed by atoms with Gasteiger partial charge in [-0.1, -0.05) is 35.5 Å². The molecule has 0 saturated carbocycles. The van der Waals surface area contributed by atoms with E-state index in [4.69, 9.17) is 0 Å². The zero-order valence-corrected chi connectivity index (χ0v) is 20.1. The number of carbonyl (C=O) groups excluding carboxylic acids is 1. The second-order valence-corrected chi connectivity index (χ2v) is 11.3. The third kappa shape index (κ3) is 6.03. The SMILES string of the molecule is CC(C)(C)N(C(=O)O)c1ncc(C#Cc2cncc(C(=O)N=[S@@](C)(=O)c3ccccc3)c2)s1. The number of anilines is 1. The van der Waals surface area contributed by atoms with Crippen LogP contribution >= 0.6 is 11.3 Å². The molecule has 3 aromatic rings. The first-order chi connectivity index (χ1) is 15.5. The normalized spacial score (nSPS) is 12.7. The van der Waals surface area contributed by atoms with Gasteiger partial charge in [0, 0.05) is 34.6 Å². The van der Waals surface area contributed by atoms with Crippen molar-refractivity contribution in [1.29, 1.82) is 0 Å². The minimum atomic E-state index is -2.90. The molecule has 1 aromatic carbocycles. The summed E-state index contributed by atoms with van der Waals surface area (Å²) in [5.41, 5.74) is -0.0322. The Balaban J connectivity index is 1.85. The highest BCUT2D eigenvalue weighted by Gasteiger charge is 2.30. The molecule has 33 heavy (non-hydrogen) atoms. The van der Waals surface area contributed by atoms with Crippen molar-refractivity contribution in [2.75, 3.05) is 11.2 Å². The third-order valence-corrected chi connectivity index (χ3v) is 6.86. The van der Waals surface area contributed by atoms with Crippen LogP contribution in [-0.4, -0.2) is 43.1 Å². The zero-order valence-electron chi connectivity index (χ0n) is 18.5. The monoisotopic (exact) mass is 482 g/mol. The number of aromatic nitrogens is 2. The summed E-state index contributed by atoms with van der Waals surface area (Å²) in [5.74, 6) is 5.16. The van der Waals surface area contributed by atoms with Gasteiger partial charge in [-0.2, -0.15) is 4.36 Å². The topological polar surface area (TPSA) is 113 Å². The summed E-state index contributed by atoms with van der Waals surface area (Å²) in [5, 5.41) is 9.82. The van der Waals surface area contributed by atoms with Gasteiger partial charge in [0.2, 0.25) is 0 Å². The van der Waals surface area contributed by atoms with Gasteiger partial charge in [-0.25, -0.2) is 18.9 Å². The van der Waals surface area contributed by atoms with Gasteiger partial charge < -0.3 is 5.11 Å². The molecule has 2 aromatic heterocycles. The zero-order chi connectivity index (χ0) is 24.2. The van der Waals surface area contributed by atoms with Crippen LogP contribution in [0.5, 0.6) is 0 Å². The van der Waals surface area contributed by atoms with Crippen molar-refractivity contribution < 1.29 is 18.9 Å². The molecule has 1 N–H and O–H groups in total. The predicted molar refractivity (Wildman–Crippen MR) is 128 cm³/mol. The Hall–Kier alpha value is -3.55. The molecule has 0 aliphatic heterocycles. The van der Waals surface area contributed by atoms with Gasteiger partial charge in [-0.15, -0.1) is 0 Å². The van der Waals surface area contributed by atoms with Gasteiger partial charge >= 0.3 is 6.09 Å². The van der Waals surface area contributed by atoms with Gasteiger partial charge in [0.15, 0.2) is 5.13 Å². The Labute approximate surface area is 196 Å². The lowest BCUT2D eigenvalue weighted by Gasteiger charge is -2.30. The second-order valence-electron chi connectivity index (χ2n) is 8.02. The smallest absolute Gasteiger partial charge is 0.414 e. The number of carbonyl (C=O) groups is 2. The lowest BCUT2D eigenvalue weighted by molar-refractivity contribution is 0.100. The van der Waals surface area contributed by atoms with E-state index in [1.807, 2.05) is 0 Å². The van der Waals surface area contributed by atoms with E-state index in [0.717, 1.165) is 11.3 Å². The lowest BCUT2D eigenvalue weighted by Crippen LogP contribution is -2.45. The van der Waals surface area contributed by atoms with E-state index in [1.165, 1.54) is 35.8 Å². The van der Waals surface area contributed by atoms with Crippen LogP contribution < -0.4 is 4.90 Å². The quantitative estimate of drug-likeness (QED) is 0.549.